The average Bonchev–Trinajstić information content (AvgIpc) is 2.85. The fourth-order valence-electron chi connectivity index (χ4n) is 1.23. The highest BCUT2D eigenvalue weighted by atomic mass is 32.1. The van der Waals surface area contributed by atoms with Crippen LogP contribution in [0.15, 0.2) is 29.7 Å². The fraction of sp³-hybridized carbons (Fsp3) is 0.267. The molecule has 1 rings (SSSR count). The molecule has 0 aliphatic rings. The molecule has 0 spiro atoms. The molecule has 0 saturated carbocycles. The summed E-state index contributed by atoms with van der Waals surface area (Å²) in [6, 6.07) is 1.85. The van der Waals surface area contributed by atoms with Crippen LogP contribution in [0.25, 0.3) is 5.57 Å². The maximum Gasteiger partial charge on any atom is 0.348 e. The first-order valence-electron chi connectivity index (χ1n) is 5.48. The Morgan fingerprint density at radius 3 is 2.56 bits per heavy atom. The van der Waals surface area contributed by atoms with Gasteiger partial charge in [0.05, 0.1) is 7.11 Å². The van der Waals surface area contributed by atoms with E-state index in [-0.39, 0.29) is 5.97 Å². The maximum absolute atomic E-state index is 11.2. The standard InChI is InChI=1S/C12H14O2S.C3H4/c1-4-6-9(5-2)10-7-11(15-8-10)12(13)14-3;1-3-2/h4-8H,1-3H3;1H,2H3/b6-4-,9-5+;. The van der Waals surface area contributed by atoms with Crippen LogP contribution in [0.4, 0.5) is 0 Å². The Labute approximate surface area is 113 Å². The Morgan fingerprint density at radius 1 is 1.50 bits per heavy atom. The summed E-state index contributed by atoms with van der Waals surface area (Å²) in [6.45, 7) is 5.60. The van der Waals surface area contributed by atoms with Gasteiger partial charge in [0.15, 0.2) is 0 Å². The van der Waals surface area contributed by atoms with Crippen molar-refractivity contribution in [1.82, 2.24) is 0 Å². The molecule has 0 radical (unpaired) electrons. The van der Waals surface area contributed by atoms with E-state index in [0.717, 1.165) is 11.1 Å². The van der Waals surface area contributed by atoms with Crippen LogP contribution in [0.2, 0.25) is 0 Å². The molecule has 1 aromatic rings. The highest BCUT2D eigenvalue weighted by molar-refractivity contribution is 7.12. The SMILES string of the molecule is C#CC.C/C=C\C(=C/C)c1csc(C(=O)OC)c1. The van der Waals surface area contributed by atoms with Gasteiger partial charge in [0.2, 0.25) is 0 Å². The lowest BCUT2D eigenvalue weighted by molar-refractivity contribution is 0.0606. The van der Waals surface area contributed by atoms with Crippen LogP contribution in [0.5, 0.6) is 0 Å². The van der Waals surface area contributed by atoms with E-state index in [1.54, 1.807) is 6.92 Å². The number of hydrogen-bond donors (Lipinski definition) is 0. The van der Waals surface area contributed by atoms with Crippen molar-refractivity contribution in [2.75, 3.05) is 7.11 Å². The number of rotatable bonds is 3. The number of ether oxygens (including phenoxy) is 1. The molecular formula is C15H18O2S. The van der Waals surface area contributed by atoms with E-state index < -0.39 is 0 Å². The van der Waals surface area contributed by atoms with Crippen LogP contribution in [0.3, 0.4) is 0 Å². The summed E-state index contributed by atoms with van der Waals surface area (Å²) in [7, 11) is 1.39. The Kier molecular flexibility index (Phi) is 8.34. The van der Waals surface area contributed by atoms with Crippen LogP contribution in [0.1, 0.15) is 36.0 Å². The Bertz CT molecular complexity index is 473. The van der Waals surface area contributed by atoms with Gasteiger partial charge in [-0.15, -0.1) is 23.7 Å². The molecule has 0 saturated heterocycles. The average molecular weight is 262 g/mol. The first-order valence-corrected chi connectivity index (χ1v) is 6.36. The highest BCUT2D eigenvalue weighted by Crippen LogP contribution is 2.23. The second kappa shape index (κ2) is 9.26. The first kappa shape index (κ1) is 16.2. The quantitative estimate of drug-likeness (QED) is 0.464. The Hall–Kier alpha value is -1.79. The van der Waals surface area contributed by atoms with Crippen molar-refractivity contribution in [3.63, 3.8) is 0 Å². The molecule has 1 aromatic heterocycles. The number of esters is 1. The molecule has 0 aliphatic carbocycles. The molecule has 0 atom stereocenters. The zero-order valence-electron chi connectivity index (χ0n) is 11.2. The van der Waals surface area contributed by atoms with Gasteiger partial charge in [-0.25, -0.2) is 4.79 Å². The summed E-state index contributed by atoms with van der Waals surface area (Å²) in [4.78, 5) is 11.9. The van der Waals surface area contributed by atoms with Gasteiger partial charge in [-0.1, -0.05) is 18.2 Å². The van der Waals surface area contributed by atoms with Crippen molar-refractivity contribution in [3.05, 3.63) is 40.1 Å². The van der Waals surface area contributed by atoms with Crippen molar-refractivity contribution in [1.29, 1.82) is 0 Å². The molecule has 0 bridgehead atoms. The van der Waals surface area contributed by atoms with E-state index in [2.05, 4.69) is 17.1 Å². The number of carbonyl (C=O) groups is 1. The molecule has 96 valence electrons. The molecule has 0 fully saturated rings. The number of carbonyl (C=O) groups excluding carboxylic acids is 1. The van der Waals surface area contributed by atoms with E-state index in [1.807, 2.05) is 43.5 Å². The molecule has 1 heterocycles. The molecule has 18 heavy (non-hydrogen) atoms. The molecule has 0 amide bonds. The van der Waals surface area contributed by atoms with Gasteiger partial charge >= 0.3 is 5.97 Å². The van der Waals surface area contributed by atoms with Gasteiger partial charge < -0.3 is 4.74 Å². The van der Waals surface area contributed by atoms with Crippen LogP contribution < -0.4 is 0 Å². The van der Waals surface area contributed by atoms with Crippen molar-refractivity contribution in [2.24, 2.45) is 0 Å². The molecule has 0 N–H and O–H groups in total. The third kappa shape index (κ3) is 5.03. The summed E-state index contributed by atoms with van der Waals surface area (Å²) in [5, 5.41) is 1.96. The second-order valence-corrected chi connectivity index (χ2v) is 4.14. The van der Waals surface area contributed by atoms with Gasteiger partial charge in [0, 0.05) is 0 Å². The molecule has 3 heteroatoms. The molecule has 2 nitrogen and oxygen atoms in total. The predicted molar refractivity (Wildman–Crippen MR) is 78.6 cm³/mol. The largest absolute Gasteiger partial charge is 0.465 e. The van der Waals surface area contributed by atoms with Gasteiger partial charge in [0.25, 0.3) is 0 Å². The summed E-state index contributed by atoms with van der Waals surface area (Å²) in [6.07, 6.45) is 10.6. The van der Waals surface area contributed by atoms with Gasteiger partial charge in [-0.2, -0.15) is 0 Å². The van der Waals surface area contributed by atoms with Gasteiger partial charge in [-0.3, -0.25) is 0 Å². The summed E-state index contributed by atoms with van der Waals surface area (Å²) >= 11 is 1.40. The molecule has 0 aliphatic heterocycles. The Morgan fingerprint density at radius 2 is 2.11 bits per heavy atom. The second-order valence-electron chi connectivity index (χ2n) is 3.22. The van der Waals surface area contributed by atoms with Crippen molar-refractivity contribution < 1.29 is 9.53 Å². The molecular weight excluding hydrogens is 244 g/mol. The predicted octanol–water partition coefficient (Wildman–Crippen LogP) is 4.15. The number of terminal acetylenes is 1. The smallest absolute Gasteiger partial charge is 0.348 e. The van der Waals surface area contributed by atoms with Crippen molar-refractivity contribution >= 4 is 22.9 Å². The van der Waals surface area contributed by atoms with E-state index in [9.17, 15) is 4.79 Å². The zero-order valence-corrected chi connectivity index (χ0v) is 12.0. The lowest BCUT2D eigenvalue weighted by Gasteiger charge is -1.96. The normalized spacial score (nSPS) is 10.5. The molecule has 0 unspecified atom stereocenters. The third-order valence-corrected chi connectivity index (χ3v) is 2.89. The summed E-state index contributed by atoms with van der Waals surface area (Å²) < 4.78 is 4.66. The van der Waals surface area contributed by atoms with E-state index in [0.29, 0.717) is 4.88 Å². The van der Waals surface area contributed by atoms with Crippen LogP contribution >= 0.6 is 11.3 Å². The minimum absolute atomic E-state index is 0.276. The van der Waals surface area contributed by atoms with Crippen LogP contribution in [0, 0.1) is 12.3 Å². The number of hydrogen-bond acceptors (Lipinski definition) is 3. The van der Waals surface area contributed by atoms with E-state index in [1.165, 1.54) is 18.4 Å². The number of allylic oxidation sites excluding steroid dienone is 4. The van der Waals surface area contributed by atoms with Crippen molar-refractivity contribution in [2.45, 2.75) is 20.8 Å². The minimum Gasteiger partial charge on any atom is -0.465 e. The van der Waals surface area contributed by atoms with Gasteiger partial charge in [0.1, 0.15) is 4.88 Å². The van der Waals surface area contributed by atoms with Crippen molar-refractivity contribution in [3.8, 4) is 12.3 Å². The van der Waals surface area contributed by atoms with Gasteiger partial charge in [-0.05, 0) is 43.4 Å². The number of thiophene rings is 1. The van der Waals surface area contributed by atoms with E-state index >= 15 is 0 Å². The highest BCUT2D eigenvalue weighted by Gasteiger charge is 2.09. The maximum atomic E-state index is 11.2. The zero-order chi connectivity index (χ0) is 14.0. The Balaban J connectivity index is 0.000000873. The van der Waals surface area contributed by atoms with E-state index in [4.69, 9.17) is 0 Å². The first-order chi connectivity index (χ1) is 8.64. The van der Waals surface area contributed by atoms with Crippen LogP contribution in [-0.4, -0.2) is 13.1 Å². The fourth-order valence-corrected chi connectivity index (χ4v) is 2.07. The summed E-state index contributed by atoms with van der Waals surface area (Å²) in [5.41, 5.74) is 2.17. The third-order valence-electron chi connectivity index (χ3n) is 1.98. The summed E-state index contributed by atoms with van der Waals surface area (Å²) in [5.74, 6) is 1.97. The lowest BCUT2D eigenvalue weighted by atomic mass is 10.1. The minimum atomic E-state index is -0.276. The monoisotopic (exact) mass is 262 g/mol. The lowest BCUT2D eigenvalue weighted by Crippen LogP contribution is -1.97. The number of methoxy groups -OCH3 is 1. The topological polar surface area (TPSA) is 26.3 Å². The molecule has 0 aromatic carbocycles. The van der Waals surface area contributed by atoms with Crippen LogP contribution in [-0.2, 0) is 4.74 Å².